The highest BCUT2D eigenvalue weighted by Gasteiger charge is 2.33. The summed E-state index contributed by atoms with van der Waals surface area (Å²) < 4.78 is 12.1. The Morgan fingerprint density at radius 1 is 1.03 bits per heavy atom. The number of halogens is 1. The third-order valence-electron chi connectivity index (χ3n) is 6.66. The smallest absolute Gasteiger partial charge is 0.231 e. The molecule has 0 saturated carbocycles. The second-order valence-corrected chi connectivity index (χ2v) is 9.20. The van der Waals surface area contributed by atoms with E-state index in [1.54, 1.807) is 6.07 Å². The van der Waals surface area contributed by atoms with Gasteiger partial charge in [0.1, 0.15) is 18.2 Å². The first-order valence-corrected chi connectivity index (χ1v) is 12.5. The van der Waals surface area contributed by atoms with Gasteiger partial charge in [-0.1, -0.05) is 41.9 Å². The van der Waals surface area contributed by atoms with Crippen molar-refractivity contribution < 1.29 is 14.3 Å². The van der Waals surface area contributed by atoms with E-state index in [1.807, 2.05) is 48.5 Å². The summed E-state index contributed by atoms with van der Waals surface area (Å²) in [5.41, 5.74) is 4.72. The van der Waals surface area contributed by atoms with Gasteiger partial charge in [-0.3, -0.25) is 9.69 Å². The lowest BCUT2D eigenvalue weighted by molar-refractivity contribution is 0.0950. The molecule has 0 bridgehead atoms. The normalized spacial score (nSPS) is 16.0. The van der Waals surface area contributed by atoms with Crippen molar-refractivity contribution in [2.24, 2.45) is 0 Å². The third-order valence-corrected chi connectivity index (χ3v) is 7.03. The Morgan fingerprint density at radius 2 is 1.80 bits per heavy atom. The number of Topliss-reactive ketones (excluding diaryl/α,β-unsaturated/α-hetero) is 1. The zero-order valence-corrected chi connectivity index (χ0v) is 20.8. The summed E-state index contributed by atoms with van der Waals surface area (Å²) in [4.78, 5) is 17.6. The summed E-state index contributed by atoms with van der Waals surface area (Å²) in [5, 5.41) is 0.778. The first-order valence-electron chi connectivity index (χ1n) is 12.1. The molecule has 0 fully saturated rings. The minimum Gasteiger partial charge on any atom is -0.478 e. The largest absolute Gasteiger partial charge is 0.478 e. The van der Waals surface area contributed by atoms with Crippen LogP contribution in [0, 0.1) is 0 Å². The Balaban J connectivity index is 1.33. The number of anilines is 1. The molecule has 0 spiro atoms. The van der Waals surface area contributed by atoms with Crippen LogP contribution in [-0.4, -0.2) is 37.0 Å². The van der Waals surface area contributed by atoms with E-state index in [4.69, 9.17) is 21.1 Å². The molecule has 6 heteroatoms. The maximum Gasteiger partial charge on any atom is 0.231 e. The molecule has 35 heavy (non-hydrogen) atoms. The summed E-state index contributed by atoms with van der Waals surface area (Å²) >= 11 is 6.32. The Kier molecular flexibility index (Phi) is 6.80. The van der Waals surface area contributed by atoms with Gasteiger partial charge in [-0.25, -0.2) is 0 Å². The van der Waals surface area contributed by atoms with E-state index in [2.05, 4.69) is 35.8 Å². The standard InChI is InChI=1S/C29H29ClN2O3/c1-3-32(4-2)22-11-9-20(10-12-22)17-27-28(33)23-13-14-26-24(29(23)35-27)18-31(19-34-26)16-15-21-7-5-6-8-25(21)30/h5-14,17H,3-4,15-16,18-19H2,1-2H3/b27-17-. The van der Waals surface area contributed by atoms with E-state index in [0.29, 0.717) is 30.3 Å². The van der Waals surface area contributed by atoms with Gasteiger partial charge in [-0.15, -0.1) is 0 Å². The molecule has 0 aliphatic carbocycles. The summed E-state index contributed by atoms with van der Waals surface area (Å²) in [6.45, 7) is 8.14. The fourth-order valence-electron chi connectivity index (χ4n) is 4.65. The Labute approximate surface area is 211 Å². The number of carbonyl (C=O) groups is 1. The molecule has 0 amide bonds. The minimum atomic E-state index is -0.0937. The zero-order valence-electron chi connectivity index (χ0n) is 20.1. The van der Waals surface area contributed by atoms with Crippen LogP contribution < -0.4 is 14.4 Å². The van der Waals surface area contributed by atoms with E-state index in [-0.39, 0.29) is 5.78 Å². The second-order valence-electron chi connectivity index (χ2n) is 8.79. The third kappa shape index (κ3) is 4.79. The Morgan fingerprint density at radius 3 is 2.54 bits per heavy atom. The molecular weight excluding hydrogens is 460 g/mol. The average molecular weight is 489 g/mol. The van der Waals surface area contributed by atoms with Crippen LogP contribution in [0.15, 0.2) is 66.4 Å². The molecule has 5 rings (SSSR count). The number of allylic oxidation sites excluding steroid dienone is 1. The topological polar surface area (TPSA) is 42.0 Å². The SMILES string of the molecule is CCN(CC)c1ccc(/C=C2\Oc3c(ccc4c3CN(CCc3ccccc3Cl)CO4)C2=O)cc1. The maximum absolute atomic E-state index is 13.1. The van der Waals surface area contributed by atoms with Crippen molar-refractivity contribution in [3.63, 3.8) is 0 Å². The van der Waals surface area contributed by atoms with Crippen molar-refractivity contribution in [2.45, 2.75) is 26.8 Å². The van der Waals surface area contributed by atoms with E-state index in [1.165, 1.54) is 5.69 Å². The van der Waals surface area contributed by atoms with Crippen molar-refractivity contribution >= 4 is 29.1 Å². The zero-order chi connectivity index (χ0) is 24.4. The Bertz CT molecular complexity index is 1270. The molecule has 0 radical (unpaired) electrons. The molecule has 3 aromatic carbocycles. The van der Waals surface area contributed by atoms with Gasteiger partial charge in [0.2, 0.25) is 5.78 Å². The van der Waals surface area contributed by atoms with E-state index in [0.717, 1.165) is 53.5 Å². The molecule has 2 aliphatic heterocycles. The quantitative estimate of drug-likeness (QED) is 0.370. The van der Waals surface area contributed by atoms with Crippen molar-refractivity contribution in [1.29, 1.82) is 0 Å². The highest BCUT2D eigenvalue weighted by Crippen LogP contribution is 2.42. The lowest BCUT2D eigenvalue weighted by Gasteiger charge is -2.29. The fourth-order valence-corrected chi connectivity index (χ4v) is 4.88. The number of nitrogens with zero attached hydrogens (tertiary/aromatic N) is 2. The maximum atomic E-state index is 13.1. The second kappa shape index (κ2) is 10.1. The molecule has 0 N–H and O–H groups in total. The lowest BCUT2D eigenvalue weighted by Crippen LogP contribution is -2.33. The predicted molar refractivity (Wildman–Crippen MR) is 140 cm³/mol. The number of hydrogen-bond donors (Lipinski definition) is 0. The molecule has 0 atom stereocenters. The van der Waals surface area contributed by atoms with Gasteiger partial charge in [-0.05, 0) is 67.8 Å². The van der Waals surface area contributed by atoms with Crippen LogP contribution in [0.5, 0.6) is 11.5 Å². The molecule has 0 aromatic heterocycles. The summed E-state index contributed by atoms with van der Waals surface area (Å²) in [5.74, 6) is 1.64. The van der Waals surface area contributed by atoms with Crippen LogP contribution in [0.3, 0.4) is 0 Å². The highest BCUT2D eigenvalue weighted by molar-refractivity contribution is 6.31. The molecule has 3 aromatic rings. The molecule has 180 valence electrons. The van der Waals surface area contributed by atoms with Gasteiger partial charge in [0.25, 0.3) is 0 Å². The summed E-state index contributed by atoms with van der Waals surface area (Å²) in [7, 11) is 0. The number of hydrogen-bond acceptors (Lipinski definition) is 5. The number of benzene rings is 3. The predicted octanol–water partition coefficient (Wildman–Crippen LogP) is 6.20. The lowest BCUT2D eigenvalue weighted by atomic mass is 10.0. The number of fused-ring (bicyclic) bond motifs is 3. The van der Waals surface area contributed by atoms with Gasteiger partial charge in [0.05, 0.1) is 11.1 Å². The minimum absolute atomic E-state index is 0.0937. The van der Waals surface area contributed by atoms with Gasteiger partial charge < -0.3 is 14.4 Å². The molecule has 5 nitrogen and oxygen atoms in total. The van der Waals surface area contributed by atoms with Crippen LogP contribution in [-0.2, 0) is 13.0 Å². The summed E-state index contributed by atoms with van der Waals surface area (Å²) in [6.07, 6.45) is 2.64. The van der Waals surface area contributed by atoms with Crippen LogP contribution >= 0.6 is 11.6 Å². The molecule has 2 heterocycles. The monoisotopic (exact) mass is 488 g/mol. The van der Waals surface area contributed by atoms with E-state index < -0.39 is 0 Å². The molecule has 0 saturated heterocycles. The Hall–Kier alpha value is -3.28. The highest BCUT2D eigenvalue weighted by atomic mass is 35.5. The van der Waals surface area contributed by atoms with Crippen LogP contribution in [0.25, 0.3) is 6.08 Å². The van der Waals surface area contributed by atoms with Crippen molar-refractivity contribution in [3.8, 4) is 11.5 Å². The van der Waals surface area contributed by atoms with E-state index >= 15 is 0 Å². The van der Waals surface area contributed by atoms with Gasteiger partial charge >= 0.3 is 0 Å². The van der Waals surface area contributed by atoms with Gasteiger partial charge in [-0.2, -0.15) is 0 Å². The number of ether oxygens (including phenoxy) is 2. The first kappa shape index (κ1) is 23.5. The van der Waals surface area contributed by atoms with Gasteiger partial charge in [0, 0.05) is 36.9 Å². The van der Waals surface area contributed by atoms with Crippen LogP contribution in [0.4, 0.5) is 5.69 Å². The van der Waals surface area contributed by atoms with Crippen molar-refractivity contribution in [2.75, 3.05) is 31.3 Å². The first-order chi connectivity index (χ1) is 17.1. The number of ketones is 1. The molecular formula is C29H29ClN2O3. The molecule has 2 aliphatic rings. The van der Waals surface area contributed by atoms with Gasteiger partial charge in [0.15, 0.2) is 5.76 Å². The van der Waals surface area contributed by atoms with Crippen LogP contribution in [0.2, 0.25) is 5.02 Å². The van der Waals surface area contributed by atoms with Crippen molar-refractivity contribution in [1.82, 2.24) is 4.90 Å². The number of carbonyl (C=O) groups excluding carboxylic acids is 1. The average Bonchev–Trinajstić information content (AvgIpc) is 3.20. The van der Waals surface area contributed by atoms with Crippen LogP contribution in [0.1, 0.15) is 40.9 Å². The number of rotatable bonds is 7. The molecule has 0 unspecified atom stereocenters. The van der Waals surface area contributed by atoms with Crippen molar-refractivity contribution in [3.05, 3.63) is 93.7 Å². The van der Waals surface area contributed by atoms with E-state index in [9.17, 15) is 4.79 Å². The summed E-state index contributed by atoms with van der Waals surface area (Å²) in [6, 6.07) is 19.8. The fraction of sp³-hybridized carbons (Fsp3) is 0.276.